The molecule has 0 atom stereocenters. The van der Waals surface area contributed by atoms with Crippen molar-refractivity contribution in [1.82, 2.24) is 4.57 Å². The van der Waals surface area contributed by atoms with Crippen LogP contribution in [-0.4, -0.2) is 29.3 Å². The molecule has 0 saturated heterocycles. The van der Waals surface area contributed by atoms with Crippen molar-refractivity contribution in [2.24, 2.45) is 0 Å². The summed E-state index contributed by atoms with van der Waals surface area (Å²) in [6, 6.07) is 15.6. The minimum absolute atomic E-state index is 0.383. The van der Waals surface area contributed by atoms with Crippen molar-refractivity contribution in [3.8, 4) is 0 Å². The van der Waals surface area contributed by atoms with E-state index in [1.54, 1.807) is 12.1 Å². The Bertz CT molecular complexity index is 1090. The number of benzene rings is 2. The number of hydrogen-bond acceptors (Lipinski definition) is 3. The number of amides is 1. The highest BCUT2D eigenvalue weighted by atomic mass is 16.2. The van der Waals surface area contributed by atoms with Crippen molar-refractivity contribution >= 4 is 23.1 Å². The fraction of sp³-hybridized carbons (Fsp3) is 0.308. The van der Waals surface area contributed by atoms with Gasteiger partial charge in [-0.3, -0.25) is 9.59 Å². The van der Waals surface area contributed by atoms with Gasteiger partial charge in [-0.25, -0.2) is 0 Å². The van der Waals surface area contributed by atoms with Gasteiger partial charge in [-0.1, -0.05) is 18.2 Å². The normalized spacial score (nSPS) is 10.7. The molecule has 0 fully saturated rings. The van der Waals surface area contributed by atoms with Gasteiger partial charge in [0.15, 0.2) is 0 Å². The van der Waals surface area contributed by atoms with E-state index in [4.69, 9.17) is 0 Å². The maximum Gasteiger partial charge on any atom is 0.298 e. The third kappa shape index (κ3) is 5.05. The third-order valence-electron chi connectivity index (χ3n) is 5.78. The van der Waals surface area contributed by atoms with Crippen LogP contribution in [0.4, 0.5) is 11.4 Å². The van der Waals surface area contributed by atoms with E-state index in [9.17, 15) is 9.59 Å². The van der Waals surface area contributed by atoms with Crippen LogP contribution >= 0.6 is 0 Å². The van der Waals surface area contributed by atoms with Crippen molar-refractivity contribution < 1.29 is 9.59 Å². The Morgan fingerprint density at radius 1 is 0.903 bits per heavy atom. The summed E-state index contributed by atoms with van der Waals surface area (Å²) in [6.07, 6.45) is 1.83. The van der Waals surface area contributed by atoms with Crippen molar-refractivity contribution in [3.05, 3.63) is 82.7 Å². The number of hydrogen-bond donors (Lipinski definition) is 1. The van der Waals surface area contributed by atoms with E-state index in [1.165, 1.54) is 11.1 Å². The quantitative estimate of drug-likeness (QED) is 0.408. The van der Waals surface area contributed by atoms with Crippen molar-refractivity contribution in [3.63, 3.8) is 0 Å². The largest absolute Gasteiger partial charge is 0.372 e. The number of aryl methyl sites for hydroxylation is 3. The summed E-state index contributed by atoms with van der Waals surface area (Å²) in [4.78, 5) is 27.8. The smallest absolute Gasteiger partial charge is 0.298 e. The molecule has 3 aromatic rings. The number of Topliss-reactive ketones (excluding diaryl/α,β-unsaturated/α-hetero) is 1. The van der Waals surface area contributed by atoms with E-state index in [-0.39, 0.29) is 0 Å². The molecule has 1 N–H and O–H groups in total. The number of nitrogens with one attached hydrogen (secondary N) is 1. The molecule has 2 aromatic carbocycles. The summed E-state index contributed by atoms with van der Waals surface area (Å²) < 4.78 is 1.82. The Labute approximate surface area is 184 Å². The van der Waals surface area contributed by atoms with Crippen molar-refractivity contribution in [1.29, 1.82) is 0 Å². The number of nitrogens with zero attached hydrogens (tertiary/aromatic N) is 2. The summed E-state index contributed by atoms with van der Waals surface area (Å²) in [5, 5.41) is 2.79. The van der Waals surface area contributed by atoms with E-state index in [0.29, 0.717) is 17.9 Å². The molecule has 0 aliphatic rings. The van der Waals surface area contributed by atoms with Gasteiger partial charge in [-0.15, -0.1) is 0 Å². The van der Waals surface area contributed by atoms with Gasteiger partial charge in [0, 0.05) is 37.2 Å². The van der Waals surface area contributed by atoms with Gasteiger partial charge in [0.1, 0.15) is 0 Å². The lowest BCUT2D eigenvalue weighted by molar-refractivity contribution is -0.112. The van der Waals surface area contributed by atoms with E-state index < -0.39 is 11.7 Å². The van der Waals surface area contributed by atoms with Gasteiger partial charge >= 0.3 is 0 Å². The first kappa shape index (κ1) is 22.3. The predicted octanol–water partition coefficient (Wildman–Crippen LogP) is 5.13. The fourth-order valence-corrected chi connectivity index (χ4v) is 3.73. The molecule has 1 aromatic heterocycles. The molecule has 5 heteroatoms. The molecular formula is C26H31N3O2. The van der Waals surface area contributed by atoms with Gasteiger partial charge in [0.2, 0.25) is 0 Å². The van der Waals surface area contributed by atoms with Crippen LogP contribution in [0.15, 0.2) is 54.7 Å². The van der Waals surface area contributed by atoms with E-state index in [2.05, 4.69) is 56.1 Å². The molecule has 0 radical (unpaired) electrons. The topological polar surface area (TPSA) is 54.3 Å². The number of aromatic nitrogens is 1. The summed E-state index contributed by atoms with van der Waals surface area (Å²) in [5.74, 6) is -1.17. The van der Waals surface area contributed by atoms with Crippen LogP contribution < -0.4 is 10.2 Å². The molecule has 3 rings (SSSR count). The number of carbonyl (C=O) groups is 2. The van der Waals surface area contributed by atoms with Gasteiger partial charge in [-0.05, 0) is 87.2 Å². The Balaban J connectivity index is 1.75. The summed E-state index contributed by atoms with van der Waals surface area (Å²) in [5.41, 5.74) is 6.60. The summed E-state index contributed by atoms with van der Waals surface area (Å²) >= 11 is 0. The molecular weight excluding hydrogens is 386 g/mol. The molecule has 31 heavy (non-hydrogen) atoms. The molecule has 0 saturated carbocycles. The highest BCUT2D eigenvalue weighted by molar-refractivity contribution is 6.46. The average Bonchev–Trinajstić information content (AvgIpc) is 3.21. The summed E-state index contributed by atoms with van der Waals surface area (Å²) in [7, 11) is 0. The zero-order valence-electron chi connectivity index (χ0n) is 19.0. The van der Waals surface area contributed by atoms with Crippen LogP contribution in [0.25, 0.3) is 0 Å². The van der Waals surface area contributed by atoms with E-state index in [0.717, 1.165) is 29.9 Å². The first-order valence-electron chi connectivity index (χ1n) is 10.8. The van der Waals surface area contributed by atoms with Crippen molar-refractivity contribution in [2.75, 3.05) is 23.3 Å². The molecule has 1 amide bonds. The minimum atomic E-state index is -0.626. The second-order valence-corrected chi connectivity index (χ2v) is 7.89. The summed E-state index contributed by atoms with van der Waals surface area (Å²) in [6.45, 7) is 12.7. The molecule has 0 spiro atoms. The first-order valence-corrected chi connectivity index (χ1v) is 10.8. The second kappa shape index (κ2) is 9.65. The lowest BCUT2D eigenvalue weighted by Crippen LogP contribution is -2.26. The second-order valence-electron chi connectivity index (χ2n) is 7.89. The maximum absolute atomic E-state index is 12.9. The molecule has 5 nitrogen and oxygen atoms in total. The standard InChI is InChI=1S/C26H31N3O2/c1-6-28(7-2)22-12-13-23(20(5)16-22)27-26(31)25(30)24-9-8-14-29(24)17-21-11-10-18(3)19(4)15-21/h8-16H,6-7,17H2,1-5H3,(H,27,31). The lowest BCUT2D eigenvalue weighted by Gasteiger charge is -2.22. The zero-order chi connectivity index (χ0) is 22.5. The van der Waals surface area contributed by atoms with E-state index >= 15 is 0 Å². The lowest BCUT2D eigenvalue weighted by atomic mass is 10.1. The fourth-order valence-electron chi connectivity index (χ4n) is 3.73. The van der Waals surface area contributed by atoms with Gasteiger partial charge in [-0.2, -0.15) is 0 Å². The molecule has 162 valence electrons. The number of carbonyl (C=O) groups excluding carboxylic acids is 2. The van der Waals surface area contributed by atoms with Crippen LogP contribution in [0, 0.1) is 20.8 Å². The Kier molecular flexibility index (Phi) is 6.95. The van der Waals surface area contributed by atoms with Crippen LogP contribution in [0.5, 0.6) is 0 Å². The number of ketones is 1. The van der Waals surface area contributed by atoms with Crippen LogP contribution in [-0.2, 0) is 11.3 Å². The van der Waals surface area contributed by atoms with Crippen LogP contribution in [0.3, 0.4) is 0 Å². The number of rotatable bonds is 8. The molecule has 0 aliphatic carbocycles. The van der Waals surface area contributed by atoms with Gasteiger partial charge in [0.05, 0.1) is 5.69 Å². The van der Waals surface area contributed by atoms with Crippen LogP contribution in [0.2, 0.25) is 0 Å². The minimum Gasteiger partial charge on any atom is -0.372 e. The van der Waals surface area contributed by atoms with Gasteiger partial charge < -0.3 is 14.8 Å². The predicted molar refractivity (Wildman–Crippen MR) is 127 cm³/mol. The average molecular weight is 418 g/mol. The molecule has 1 heterocycles. The third-order valence-corrected chi connectivity index (χ3v) is 5.78. The van der Waals surface area contributed by atoms with E-state index in [1.807, 2.05) is 35.9 Å². The molecule has 0 bridgehead atoms. The SMILES string of the molecule is CCN(CC)c1ccc(NC(=O)C(=O)c2cccn2Cc2ccc(C)c(C)c2)c(C)c1. The zero-order valence-corrected chi connectivity index (χ0v) is 19.0. The van der Waals surface area contributed by atoms with Crippen LogP contribution in [0.1, 0.15) is 46.6 Å². The Morgan fingerprint density at radius 3 is 2.29 bits per heavy atom. The molecule has 0 unspecified atom stereocenters. The Hall–Kier alpha value is -3.34. The highest BCUT2D eigenvalue weighted by Gasteiger charge is 2.20. The Morgan fingerprint density at radius 2 is 1.65 bits per heavy atom. The maximum atomic E-state index is 12.9. The van der Waals surface area contributed by atoms with Gasteiger partial charge in [0.25, 0.3) is 11.7 Å². The first-order chi connectivity index (χ1) is 14.8. The highest BCUT2D eigenvalue weighted by Crippen LogP contribution is 2.23. The molecule has 0 aliphatic heterocycles. The monoisotopic (exact) mass is 417 g/mol. The number of anilines is 2. The van der Waals surface area contributed by atoms with Crippen molar-refractivity contribution in [2.45, 2.75) is 41.2 Å².